The molecule has 0 saturated heterocycles. The lowest BCUT2D eigenvalue weighted by molar-refractivity contribution is -0.139. The summed E-state index contributed by atoms with van der Waals surface area (Å²) >= 11 is 0. The minimum atomic E-state index is -0.335. The molecule has 0 radical (unpaired) electrons. The van der Waals surface area contributed by atoms with Crippen molar-refractivity contribution in [2.75, 3.05) is 7.11 Å². The Morgan fingerprint density at radius 3 is 2.15 bits per heavy atom. The second-order valence-electron chi connectivity index (χ2n) is 4.18. The Balaban J connectivity index is 2.10. The molecule has 0 atom stereocenters. The average Bonchev–Trinajstić information content (AvgIpc) is 2.48. The zero-order chi connectivity index (χ0) is 14.4. The van der Waals surface area contributed by atoms with Crippen LogP contribution < -0.4 is 0 Å². The van der Waals surface area contributed by atoms with E-state index >= 15 is 0 Å². The molecule has 0 saturated carbocycles. The van der Waals surface area contributed by atoms with Crippen molar-refractivity contribution in [1.82, 2.24) is 0 Å². The zero-order valence-corrected chi connectivity index (χ0v) is 11.1. The number of esters is 1. The Hall–Kier alpha value is -2.73. The number of hydrogen-bond donors (Lipinski definition) is 1. The molecule has 0 bridgehead atoms. The van der Waals surface area contributed by atoms with Crippen molar-refractivity contribution in [1.29, 1.82) is 0 Å². The summed E-state index contributed by atoms with van der Waals surface area (Å²) in [4.78, 5) is 10.9. The number of hydrogen-bond acceptors (Lipinski definition) is 3. The van der Waals surface area contributed by atoms with E-state index in [9.17, 15) is 9.90 Å². The summed E-state index contributed by atoms with van der Waals surface area (Å²) in [6.07, 6.45) is 0.0935. The van der Waals surface area contributed by atoms with Crippen molar-refractivity contribution >= 4 is 5.97 Å². The molecule has 20 heavy (non-hydrogen) atoms. The molecule has 0 aliphatic heterocycles. The fraction of sp³-hybridized carbons (Fsp3) is 0.118. The summed E-state index contributed by atoms with van der Waals surface area (Å²) in [5.74, 6) is 5.58. The molecule has 3 nitrogen and oxygen atoms in total. The minimum Gasteiger partial charge on any atom is -0.508 e. The number of aromatic hydroxyl groups is 1. The Kier molecular flexibility index (Phi) is 4.41. The van der Waals surface area contributed by atoms with Gasteiger partial charge in [0.1, 0.15) is 12.2 Å². The molecule has 0 heterocycles. The third-order valence-corrected chi connectivity index (χ3v) is 2.78. The fourth-order valence-electron chi connectivity index (χ4n) is 1.69. The van der Waals surface area contributed by atoms with Crippen LogP contribution in [0, 0.1) is 11.8 Å². The van der Waals surface area contributed by atoms with Crippen LogP contribution >= 0.6 is 0 Å². The highest BCUT2D eigenvalue weighted by molar-refractivity contribution is 5.72. The molecule has 2 rings (SSSR count). The van der Waals surface area contributed by atoms with Crippen LogP contribution in [0.2, 0.25) is 0 Å². The highest BCUT2D eigenvalue weighted by atomic mass is 16.5. The summed E-state index contributed by atoms with van der Waals surface area (Å²) in [6, 6.07) is 14.7. The maximum Gasteiger partial charge on any atom is 0.317 e. The Morgan fingerprint density at radius 2 is 1.60 bits per heavy atom. The van der Waals surface area contributed by atoms with E-state index in [4.69, 9.17) is 0 Å². The third-order valence-electron chi connectivity index (χ3n) is 2.78. The largest absolute Gasteiger partial charge is 0.508 e. The van der Waals surface area contributed by atoms with Crippen LogP contribution in [0.5, 0.6) is 5.75 Å². The lowest BCUT2D eigenvalue weighted by Gasteiger charge is -2.01. The van der Waals surface area contributed by atoms with Gasteiger partial charge in [0.15, 0.2) is 0 Å². The van der Waals surface area contributed by atoms with Crippen molar-refractivity contribution in [2.24, 2.45) is 0 Å². The molecule has 100 valence electrons. The van der Waals surface area contributed by atoms with Gasteiger partial charge in [0.05, 0.1) is 7.11 Å². The zero-order valence-electron chi connectivity index (χ0n) is 11.1. The average molecular weight is 266 g/mol. The molecule has 0 aromatic heterocycles. The number of phenols is 1. The van der Waals surface area contributed by atoms with Crippen molar-refractivity contribution in [3.8, 4) is 28.7 Å². The molecule has 0 aliphatic carbocycles. The summed E-state index contributed by atoms with van der Waals surface area (Å²) in [7, 11) is 1.34. The fourth-order valence-corrected chi connectivity index (χ4v) is 1.69. The van der Waals surface area contributed by atoms with Crippen LogP contribution in [0.15, 0.2) is 48.5 Å². The number of carbonyl (C=O) groups is 1. The first-order valence-electron chi connectivity index (χ1n) is 6.14. The predicted octanol–water partition coefficient (Wildman–Crippen LogP) is 2.97. The van der Waals surface area contributed by atoms with Gasteiger partial charge in [-0.05, 0) is 35.4 Å². The van der Waals surface area contributed by atoms with Crippen molar-refractivity contribution in [2.45, 2.75) is 6.42 Å². The summed E-state index contributed by atoms with van der Waals surface area (Å²) in [5, 5.41) is 9.25. The van der Waals surface area contributed by atoms with Gasteiger partial charge < -0.3 is 9.84 Å². The molecule has 0 aliphatic rings. The van der Waals surface area contributed by atoms with Crippen molar-refractivity contribution < 1.29 is 14.6 Å². The van der Waals surface area contributed by atoms with Crippen LogP contribution in [-0.4, -0.2) is 18.2 Å². The summed E-state index contributed by atoms with van der Waals surface area (Å²) in [5.41, 5.74) is 2.91. The van der Waals surface area contributed by atoms with Crippen molar-refractivity contribution in [3.05, 3.63) is 54.1 Å². The first kappa shape index (κ1) is 13.7. The monoisotopic (exact) mass is 266 g/mol. The van der Waals surface area contributed by atoms with Crippen LogP contribution in [0.3, 0.4) is 0 Å². The van der Waals surface area contributed by atoms with Gasteiger partial charge in [-0.2, -0.15) is 0 Å². The van der Waals surface area contributed by atoms with E-state index in [1.165, 1.54) is 7.11 Å². The van der Waals surface area contributed by atoms with Crippen LogP contribution in [0.25, 0.3) is 11.1 Å². The standard InChI is InChI=1S/C17H14O3/c1-20-17(19)4-2-3-13-5-7-14(8-6-13)15-9-11-16(18)12-10-15/h5-12,18H,4H2,1H3. The lowest BCUT2D eigenvalue weighted by Crippen LogP contribution is -1.96. The third kappa shape index (κ3) is 3.63. The lowest BCUT2D eigenvalue weighted by atomic mass is 10.0. The number of phenolic OH excluding ortho intramolecular Hbond substituents is 1. The number of methoxy groups -OCH3 is 1. The van der Waals surface area contributed by atoms with Gasteiger partial charge in [-0.15, -0.1) is 0 Å². The summed E-state index contributed by atoms with van der Waals surface area (Å²) < 4.78 is 4.51. The van der Waals surface area contributed by atoms with Gasteiger partial charge in [0.25, 0.3) is 0 Å². The topological polar surface area (TPSA) is 46.5 Å². The molecule has 1 N–H and O–H groups in total. The smallest absolute Gasteiger partial charge is 0.317 e. The van der Waals surface area contributed by atoms with Crippen molar-refractivity contribution in [3.63, 3.8) is 0 Å². The highest BCUT2D eigenvalue weighted by Crippen LogP contribution is 2.21. The van der Waals surface area contributed by atoms with Gasteiger partial charge >= 0.3 is 5.97 Å². The first-order chi connectivity index (χ1) is 9.69. The predicted molar refractivity (Wildman–Crippen MR) is 77.1 cm³/mol. The number of rotatable bonds is 2. The molecular formula is C17H14O3. The maximum absolute atomic E-state index is 10.9. The SMILES string of the molecule is COC(=O)CC#Cc1ccc(-c2ccc(O)cc2)cc1. The van der Waals surface area contributed by atoms with Crippen LogP contribution in [-0.2, 0) is 9.53 Å². The van der Waals surface area contributed by atoms with Crippen LogP contribution in [0.1, 0.15) is 12.0 Å². The number of ether oxygens (including phenoxy) is 1. The molecule has 3 heteroatoms. The van der Waals surface area contributed by atoms with E-state index in [0.29, 0.717) is 0 Å². The van der Waals surface area contributed by atoms with E-state index in [1.807, 2.05) is 36.4 Å². The van der Waals surface area contributed by atoms with E-state index in [-0.39, 0.29) is 18.1 Å². The molecular weight excluding hydrogens is 252 g/mol. The van der Waals surface area contributed by atoms with Gasteiger partial charge in [-0.25, -0.2) is 0 Å². The molecule has 2 aromatic carbocycles. The number of benzene rings is 2. The minimum absolute atomic E-state index is 0.0935. The van der Waals surface area contributed by atoms with Gasteiger partial charge in [0.2, 0.25) is 0 Å². The maximum atomic E-state index is 10.9. The Morgan fingerprint density at radius 1 is 1.05 bits per heavy atom. The quantitative estimate of drug-likeness (QED) is 0.671. The highest BCUT2D eigenvalue weighted by Gasteiger charge is 1.98. The summed E-state index contributed by atoms with van der Waals surface area (Å²) in [6.45, 7) is 0. The van der Waals surface area contributed by atoms with Gasteiger partial charge in [-0.3, -0.25) is 4.79 Å². The van der Waals surface area contributed by atoms with Gasteiger partial charge in [-0.1, -0.05) is 36.1 Å². The molecule has 0 amide bonds. The van der Waals surface area contributed by atoms with Crippen LogP contribution in [0.4, 0.5) is 0 Å². The number of carbonyl (C=O) groups excluding carboxylic acids is 1. The van der Waals surface area contributed by atoms with E-state index in [0.717, 1.165) is 16.7 Å². The second-order valence-corrected chi connectivity index (χ2v) is 4.18. The molecule has 0 unspecified atom stereocenters. The van der Waals surface area contributed by atoms with Gasteiger partial charge in [0, 0.05) is 5.56 Å². The Bertz CT molecular complexity index is 643. The normalized spacial score (nSPS) is 9.45. The Labute approximate surface area is 117 Å². The second kappa shape index (κ2) is 6.44. The van der Waals surface area contributed by atoms with E-state index in [2.05, 4.69) is 16.6 Å². The first-order valence-corrected chi connectivity index (χ1v) is 6.14. The molecule has 0 spiro atoms. The molecule has 0 fully saturated rings. The van der Waals surface area contributed by atoms with E-state index in [1.54, 1.807) is 12.1 Å². The molecule has 2 aromatic rings. The van der Waals surface area contributed by atoms with E-state index < -0.39 is 0 Å².